The molecule has 0 fully saturated rings. The Hall–Kier alpha value is -4.57. The molecule has 1 aromatic heterocycles. The number of carbonyl (C=O) groups excluding carboxylic acids is 1. The van der Waals surface area contributed by atoms with E-state index in [-0.39, 0.29) is 23.5 Å². The molecule has 0 bridgehead atoms. The Kier molecular flexibility index (Phi) is 9.39. The zero-order valence-electron chi connectivity index (χ0n) is 23.0. The molecule has 40 heavy (non-hydrogen) atoms. The molecule has 0 aliphatic rings. The first-order valence-electron chi connectivity index (χ1n) is 12.0. The number of rotatable bonds is 9. The van der Waals surface area contributed by atoms with Crippen LogP contribution in [0.4, 0.5) is 5.69 Å². The number of fused-ring (bicyclic) bond motifs is 1. The predicted molar refractivity (Wildman–Crippen MR) is 155 cm³/mol. The quantitative estimate of drug-likeness (QED) is 0.222. The number of ether oxygens (including phenoxy) is 6. The van der Waals surface area contributed by atoms with E-state index in [2.05, 4.69) is 0 Å². The summed E-state index contributed by atoms with van der Waals surface area (Å²) in [5, 5.41) is 0.717. The summed E-state index contributed by atoms with van der Waals surface area (Å²) in [6, 6.07) is 13.3. The van der Waals surface area contributed by atoms with Gasteiger partial charge in [-0.1, -0.05) is 0 Å². The van der Waals surface area contributed by atoms with Crippen molar-refractivity contribution < 1.29 is 33.2 Å². The average molecular weight is 571 g/mol. The highest BCUT2D eigenvalue weighted by Gasteiger charge is 2.28. The molecule has 0 radical (unpaired) electrons. The number of carbonyl (C=O) groups is 1. The number of nitrogens with zero attached hydrogens (tertiary/aromatic N) is 1. The van der Waals surface area contributed by atoms with Crippen LogP contribution in [0.1, 0.15) is 17.4 Å². The third kappa shape index (κ3) is 5.17. The van der Waals surface area contributed by atoms with Gasteiger partial charge in [0.25, 0.3) is 5.56 Å². The zero-order chi connectivity index (χ0) is 28.3. The lowest BCUT2D eigenvalue weighted by Crippen LogP contribution is -2.27. The van der Waals surface area contributed by atoms with Gasteiger partial charge in [0.05, 0.1) is 47.5 Å². The van der Waals surface area contributed by atoms with Gasteiger partial charge in [-0.3, -0.25) is 9.36 Å². The second-order valence-corrected chi connectivity index (χ2v) is 8.34. The Balaban J connectivity index is 0.00000441. The van der Waals surface area contributed by atoms with Gasteiger partial charge in [-0.2, -0.15) is 0 Å². The Bertz CT molecular complexity index is 1570. The van der Waals surface area contributed by atoms with Crippen molar-refractivity contribution in [3.63, 3.8) is 0 Å². The van der Waals surface area contributed by atoms with E-state index < -0.39 is 11.5 Å². The number of hydrogen-bond donors (Lipinski definition) is 1. The number of esters is 1. The highest BCUT2D eigenvalue weighted by Crippen LogP contribution is 2.45. The van der Waals surface area contributed by atoms with Gasteiger partial charge < -0.3 is 34.2 Å². The highest BCUT2D eigenvalue weighted by atomic mass is 35.5. The fourth-order valence-electron chi connectivity index (χ4n) is 4.51. The van der Waals surface area contributed by atoms with Crippen molar-refractivity contribution in [1.29, 1.82) is 0 Å². The molecule has 3 aromatic carbocycles. The van der Waals surface area contributed by atoms with Crippen LogP contribution < -0.4 is 35.0 Å². The van der Waals surface area contributed by atoms with E-state index >= 15 is 0 Å². The van der Waals surface area contributed by atoms with Crippen molar-refractivity contribution in [2.24, 2.45) is 0 Å². The van der Waals surface area contributed by atoms with Crippen molar-refractivity contribution in [1.82, 2.24) is 4.57 Å². The van der Waals surface area contributed by atoms with Crippen molar-refractivity contribution in [3.05, 3.63) is 64.6 Å². The first-order chi connectivity index (χ1) is 18.8. The first-order valence-corrected chi connectivity index (χ1v) is 12.0. The molecule has 4 rings (SSSR count). The molecular formula is C29H31ClN2O8. The Morgan fingerprint density at radius 1 is 0.800 bits per heavy atom. The summed E-state index contributed by atoms with van der Waals surface area (Å²) in [6.07, 6.45) is 0. The summed E-state index contributed by atoms with van der Waals surface area (Å²) >= 11 is 0. The fraction of sp³-hybridized carbons (Fsp3) is 0.241. The number of aromatic nitrogens is 1. The van der Waals surface area contributed by atoms with Crippen LogP contribution in [-0.2, 0) is 4.74 Å². The third-order valence-corrected chi connectivity index (χ3v) is 6.25. The van der Waals surface area contributed by atoms with Gasteiger partial charge in [0, 0.05) is 22.3 Å². The van der Waals surface area contributed by atoms with Crippen LogP contribution in [0.5, 0.6) is 28.7 Å². The predicted octanol–water partition coefficient (Wildman–Crippen LogP) is 4.88. The van der Waals surface area contributed by atoms with Crippen LogP contribution in [-0.4, -0.2) is 52.7 Å². The minimum Gasteiger partial charge on any atom is -0.493 e. The molecule has 4 aromatic rings. The summed E-state index contributed by atoms with van der Waals surface area (Å²) in [5.41, 5.74) is 7.23. The smallest absolute Gasteiger partial charge is 0.355 e. The highest BCUT2D eigenvalue weighted by molar-refractivity contribution is 6.08. The number of benzene rings is 3. The molecule has 0 amide bonds. The minimum atomic E-state index is -0.734. The number of pyridine rings is 1. The normalized spacial score (nSPS) is 10.4. The molecule has 1 heterocycles. The number of nitrogens with two attached hydrogens (primary N) is 1. The van der Waals surface area contributed by atoms with E-state index in [1.54, 1.807) is 48.5 Å². The Morgan fingerprint density at radius 3 is 1.88 bits per heavy atom. The Labute approximate surface area is 237 Å². The van der Waals surface area contributed by atoms with E-state index in [1.807, 2.05) is 6.92 Å². The zero-order valence-corrected chi connectivity index (χ0v) is 23.8. The van der Waals surface area contributed by atoms with Crippen LogP contribution in [0, 0.1) is 0 Å². The van der Waals surface area contributed by atoms with Crippen LogP contribution >= 0.6 is 12.4 Å². The third-order valence-electron chi connectivity index (χ3n) is 6.25. The topological polar surface area (TPSA) is 120 Å². The molecule has 0 saturated heterocycles. The second-order valence-electron chi connectivity index (χ2n) is 8.34. The van der Waals surface area contributed by atoms with Gasteiger partial charge in [0.15, 0.2) is 23.0 Å². The lowest BCUT2D eigenvalue weighted by molar-refractivity contribution is 0.0591. The van der Waals surface area contributed by atoms with Crippen molar-refractivity contribution in [2.45, 2.75) is 6.92 Å². The van der Waals surface area contributed by atoms with Gasteiger partial charge in [-0.05, 0) is 61.0 Å². The van der Waals surface area contributed by atoms with Crippen molar-refractivity contribution in [2.75, 3.05) is 47.9 Å². The van der Waals surface area contributed by atoms with E-state index in [0.29, 0.717) is 63.2 Å². The molecule has 0 unspecified atom stereocenters. The number of nitrogen functional groups attached to an aromatic ring is 1. The monoisotopic (exact) mass is 570 g/mol. The van der Waals surface area contributed by atoms with Gasteiger partial charge in [-0.15, -0.1) is 12.4 Å². The summed E-state index contributed by atoms with van der Waals surface area (Å²) in [4.78, 5) is 27.6. The van der Waals surface area contributed by atoms with E-state index in [1.165, 1.54) is 40.1 Å². The molecule has 11 heteroatoms. The van der Waals surface area contributed by atoms with Crippen LogP contribution in [0.3, 0.4) is 0 Å². The maximum atomic E-state index is 14.1. The van der Waals surface area contributed by atoms with E-state index in [9.17, 15) is 9.59 Å². The molecule has 0 aliphatic heterocycles. The molecule has 0 saturated carbocycles. The lowest BCUT2D eigenvalue weighted by Gasteiger charge is -2.21. The molecule has 2 N–H and O–H groups in total. The average Bonchev–Trinajstić information content (AvgIpc) is 2.96. The molecule has 0 aliphatic carbocycles. The maximum absolute atomic E-state index is 14.1. The SMILES string of the molecule is CCOc1cc2c(=O)n(-c3ccc(N)cc3)c(C(=O)OC)c(-c3cc(OC)c(OC)c(OC)c3)c2cc1OC.Cl. The van der Waals surface area contributed by atoms with Crippen LogP contribution in [0.2, 0.25) is 0 Å². The maximum Gasteiger partial charge on any atom is 0.355 e. The minimum absolute atomic E-state index is 0. The molecular weight excluding hydrogens is 540 g/mol. The van der Waals surface area contributed by atoms with Gasteiger partial charge in [0.2, 0.25) is 5.75 Å². The summed E-state index contributed by atoms with van der Waals surface area (Å²) < 4.78 is 34.5. The fourth-order valence-corrected chi connectivity index (χ4v) is 4.51. The summed E-state index contributed by atoms with van der Waals surface area (Å²) in [6.45, 7) is 2.19. The van der Waals surface area contributed by atoms with E-state index in [0.717, 1.165) is 0 Å². The van der Waals surface area contributed by atoms with Crippen LogP contribution in [0.25, 0.3) is 27.6 Å². The molecule has 10 nitrogen and oxygen atoms in total. The standard InChI is InChI=1S/C29H30N2O8.ClH/c1-7-39-22-15-20-19(14-21(22)34-2)25(16-12-23(35-3)27(37-5)24(13-16)36-4)26(29(33)38-6)31(28(20)32)18-10-8-17(30)9-11-18;/h8-15H,7,30H2,1-6H3;1H. The van der Waals surface area contributed by atoms with Gasteiger partial charge >= 0.3 is 5.97 Å². The lowest BCUT2D eigenvalue weighted by atomic mass is 9.95. The van der Waals surface area contributed by atoms with Gasteiger partial charge in [-0.25, -0.2) is 4.79 Å². The second kappa shape index (κ2) is 12.5. The van der Waals surface area contributed by atoms with Crippen molar-refractivity contribution in [3.8, 4) is 45.6 Å². The number of hydrogen-bond acceptors (Lipinski definition) is 9. The molecule has 212 valence electrons. The number of halogens is 1. The summed E-state index contributed by atoms with van der Waals surface area (Å²) in [5.74, 6) is 1.13. The molecule has 0 atom stereocenters. The van der Waals surface area contributed by atoms with Crippen LogP contribution in [0.15, 0.2) is 53.3 Å². The largest absolute Gasteiger partial charge is 0.493 e. The summed E-state index contributed by atoms with van der Waals surface area (Å²) in [7, 11) is 7.23. The van der Waals surface area contributed by atoms with E-state index in [4.69, 9.17) is 34.2 Å². The number of anilines is 1. The molecule has 0 spiro atoms. The first kappa shape index (κ1) is 30.0. The number of methoxy groups -OCH3 is 5. The van der Waals surface area contributed by atoms with Crippen molar-refractivity contribution >= 4 is 34.8 Å². The Morgan fingerprint density at radius 2 is 1.38 bits per heavy atom. The van der Waals surface area contributed by atoms with Gasteiger partial charge in [0.1, 0.15) is 5.69 Å².